The summed E-state index contributed by atoms with van der Waals surface area (Å²) in [5.41, 5.74) is 16.4. The Morgan fingerprint density at radius 2 is 0.540 bits per heavy atom. The molecule has 0 N–H and O–H groups in total. The second-order valence-electron chi connectivity index (χ2n) is 30.9. The Morgan fingerprint density at radius 1 is 0.262 bits per heavy atom. The third-order valence-electron chi connectivity index (χ3n) is 18.9. The molecule has 0 amide bonds. The summed E-state index contributed by atoms with van der Waals surface area (Å²) in [6.07, 6.45) is -11.1. The third-order valence-corrected chi connectivity index (χ3v) is 21.0. The number of benzene rings is 7. The van der Waals surface area contributed by atoms with Crippen molar-refractivity contribution in [3.05, 3.63) is 319 Å². The Morgan fingerprint density at radius 3 is 0.810 bits per heavy atom. The van der Waals surface area contributed by atoms with Crippen molar-refractivity contribution in [3.63, 3.8) is 0 Å². The summed E-state index contributed by atoms with van der Waals surface area (Å²) in [6, 6.07) is 68.4. The fraction of sp³-hybridized carbons (Fsp3) is 0.278. The van der Waals surface area contributed by atoms with E-state index in [1.165, 1.54) is 40.8 Å². The lowest BCUT2D eigenvalue weighted by atomic mass is 10.1. The molecule has 14 aromatic rings. The summed E-state index contributed by atoms with van der Waals surface area (Å²) >= 11 is 25.2. The normalized spacial score (nSPS) is 11.3. The first kappa shape index (κ1) is 100. The Labute approximate surface area is 754 Å². The quantitative estimate of drug-likeness (QED) is 0.0655. The van der Waals surface area contributed by atoms with Gasteiger partial charge in [-0.1, -0.05) is 216 Å². The van der Waals surface area contributed by atoms with E-state index in [9.17, 15) is 39.5 Å². The molecule has 0 aliphatic rings. The largest absolute Gasteiger partial charge is 0.497 e. The second kappa shape index (κ2) is 46.8. The molecule has 0 aliphatic carbocycles. The molecule has 0 bridgehead atoms. The van der Waals surface area contributed by atoms with Crippen molar-refractivity contribution in [2.24, 2.45) is 0 Å². The van der Waals surface area contributed by atoms with Gasteiger partial charge in [-0.05, 0) is 224 Å². The smallest absolute Gasteiger partial charge is 0.417 e. The van der Waals surface area contributed by atoms with Crippen LogP contribution in [0.2, 0.25) is 20.1 Å². The van der Waals surface area contributed by atoms with Crippen LogP contribution in [0.25, 0.3) is 78.8 Å². The second-order valence-corrected chi connectivity index (χ2v) is 33.4. The van der Waals surface area contributed by atoms with Gasteiger partial charge in [0, 0.05) is 43.8 Å². The van der Waals surface area contributed by atoms with E-state index in [2.05, 4.69) is 195 Å². The van der Waals surface area contributed by atoms with Crippen LogP contribution in [-0.2, 0) is 18.5 Å². The number of nitrogens with zero attached hydrogens (tertiary/aromatic N) is 14. The first-order valence-electron chi connectivity index (χ1n) is 40.2. The van der Waals surface area contributed by atoms with Gasteiger partial charge in [-0.25, -0.2) is 0 Å². The van der Waals surface area contributed by atoms with Crippen molar-refractivity contribution >= 4 is 58.2 Å². The minimum Gasteiger partial charge on any atom is -0.497 e. The Hall–Kier alpha value is -11.2. The fourth-order valence-corrected chi connectivity index (χ4v) is 12.4. The Balaban J connectivity index is 0.000000182. The van der Waals surface area contributed by atoms with Gasteiger partial charge in [0.2, 0.25) is 0 Å². The standard InChI is InChI=1S/2C14H12ClF3N2.C14H13F3N2.C14H16N2O.C14H16N2S.C14H16N2.C13H12Cl2N2/c1-8(2)12-5-6-13(20-19-12)10-4-3-9(7-11(10)15)14(16,17)18;1-8(2)12-5-6-13(20-19-12)9-3-4-10(11(15)7-9)14(16,17)18;1-9(2)12-7-8-13(19-18-12)10-3-5-11(6-4-10)14(15,16)17;2*1-10(2)13-8-9-14(16-15-13)11-4-6-12(17-3)7-5-11;1-10(2)13-8-9-14(16-15-13)12-6-4-11(3)5-7-12;1-8(2)12-5-6-13(17-16-12)9-3-4-10(14)11(15)7-9/h2*3-8H,1-2H3;3-9H,1-2H3;2*4-10H,1-3H3;4-10H,1-3H3;3-8H,1-2H3. The van der Waals surface area contributed by atoms with Crippen LogP contribution < -0.4 is 4.74 Å². The highest BCUT2D eigenvalue weighted by Gasteiger charge is 2.34. The van der Waals surface area contributed by atoms with Gasteiger partial charge >= 0.3 is 18.5 Å². The highest BCUT2D eigenvalue weighted by atomic mass is 35.5. The van der Waals surface area contributed by atoms with Crippen LogP contribution in [0.1, 0.15) is 200 Å². The average Bonchev–Trinajstić information content (AvgIpc) is 0.812. The molecule has 0 spiro atoms. The monoisotopic (exact) mass is 1820 g/mol. The molecule has 14 rings (SSSR count). The van der Waals surface area contributed by atoms with Crippen molar-refractivity contribution in [1.29, 1.82) is 0 Å². The van der Waals surface area contributed by atoms with Gasteiger partial charge in [0.05, 0.1) is 124 Å². The SMILES string of the molecule is CC(C)c1ccc(-c2ccc(C(F)(F)F)c(Cl)c2)nn1.CC(C)c1ccc(-c2ccc(C(F)(F)F)cc2)nn1.CC(C)c1ccc(-c2ccc(C(F)(F)F)cc2Cl)nn1.CC(C)c1ccc(-c2ccc(Cl)c(Cl)c2)nn1.COc1ccc(-c2ccc(C(C)C)nn2)cc1.CSc1ccc(-c2ccc(C(C)C)nn2)cc1.Cc1ccc(-c2ccc(C(C)C)nn2)cc1. The number of rotatable bonds is 16. The number of aryl methyl sites for hydroxylation is 1. The minimum absolute atomic E-state index is 0.00595. The number of thioether (sulfide) groups is 1. The number of halogens is 13. The molecule has 29 heteroatoms. The van der Waals surface area contributed by atoms with Crippen LogP contribution in [0.4, 0.5) is 39.5 Å². The van der Waals surface area contributed by atoms with E-state index in [0.717, 1.165) is 121 Å². The molecular formula is C97H97Cl4F9N14OS. The van der Waals surface area contributed by atoms with E-state index in [-0.39, 0.29) is 27.8 Å². The predicted octanol–water partition coefficient (Wildman–Crippen LogP) is 29.6. The minimum atomic E-state index is -4.46. The molecular weight excluding hydrogens is 1720 g/mol. The van der Waals surface area contributed by atoms with Crippen molar-refractivity contribution in [1.82, 2.24) is 71.4 Å². The molecule has 7 aromatic carbocycles. The number of alkyl halides is 9. The van der Waals surface area contributed by atoms with E-state index in [1.807, 2.05) is 120 Å². The van der Waals surface area contributed by atoms with Gasteiger partial charge in [0.25, 0.3) is 0 Å². The molecule has 7 aromatic heterocycles. The molecule has 0 atom stereocenters. The maximum Gasteiger partial charge on any atom is 0.417 e. The number of methoxy groups -OCH3 is 1. The van der Waals surface area contributed by atoms with Crippen molar-refractivity contribution in [3.8, 4) is 84.6 Å². The van der Waals surface area contributed by atoms with Crippen molar-refractivity contribution in [2.75, 3.05) is 13.4 Å². The first-order chi connectivity index (χ1) is 59.6. The van der Waals surface area contributed by atoms with Gasteiger partial charge in [-0.2, -0.15) is 111 Å². The molecule has 7 heterocycles. The average molecular weight is 1820 g/mol. The van der Waals surface area contributed by atoms with E-state index < -0.39 is 35.2 Å². The molecule has 0 fully saturated rings. The van der Waals surface area contributed by atoms with Gasteiger partial charge in [0.15, 0.2) is 0 Å². The lowest BCUT2D eigenvalue weighted by Gasteiger charge is -2.10. The van der Waals surface area contributed by atoms with Gasteiger partial charge < -0.3 is 4.74 Å². The van der Waals surface area contributed by atoms with E-state index in [4.69, 9.17) is 51.1 Å². The highest BCUT2D eigenvalue weighted by molar-refractivity contribution is 7.98. The zero-order valence-corrected chi connectivity index (χ0v) is 76.4. The van der Waals surface area contributed by atoms with Gasteiger partial charge in [0.1, 0.15) is 5.75 Å². The third kappa shape index (κ3) is 30.3. The maximum atomic E-state index is 12.6. The number of hydrogen-bond donors (Lipinski definition) is 0. The summed E-state index contributed by atoms with van der Waals surface area (Å²) in [5.74, 6) is 3.25. The van der Waals surface area contributed by atoms with Crippen LogP contribution in [0.3, 0.4) is 0 Å². The molecule has 0 aliphatic heterocycles. The van der Waals surface area contributed by atoms with Gasteiger partial charge in [-0.3, -0.25) is 0 Å². The van der Waals surface area contributed by atoms with Gasteiger partial charge in [-0.15, -0.1) is 11.8 Å². The molecule has 0 unspecified atom stereocenters. The molecule has 126 heavy (non-hydrogen) atoms. The maximum absolute atomic E-state index is 12.6. The van der Waals surface area contributed by atoms with Crippen molar-refractivity contribution < 1.29 is 44.3 Å². The summed E-state index contributed by atoms with van der Waals surface area (Å²) in [5, 5.41) is 58.7. The molecule has 658 valence electrons. The van der Waals surface area contributed by atoms with E-state index >= 15 is 0 Å². The highest BCUT2D eigenvalue weighted by Crippen LogP contribution is 2.39. The zero-order chi connectivity index (χ0) is 92.3. The van der Waals surface area contributed by atoms with E-state index in [0.29, 0.717) is 67.5 Å². The van der Waals surface area contributed by atoms with Crippen LogP contribution in [-0.4, -0.2) is 84.7 Å². The van der Waals surface area contributed by atoms with Crippen LogP contribution >= 0.6 is 58.2 Å². The van der Waals surface area contributed by atoms with Crippen LogP contribution in [0.15, 0.2) is 241 Å². The summed E-state index contributed by atoms with van der Waals surface area (Å²) in [6.45, 7) is 30.9. The topological polar surface area (TPSA) is 190 Å². The van der Waals surface area contributed by atoms with Crippen LogP contribution in [0.5, 0.6) is 5.75 Å². The fourth-order valence-electron chi connectivity index (χ4n) is 11.2. The van der Waals surface area contributed by atoms with E-state index in [1.54, 1.807) is 61.3 Å². The zero-order valence-electron chi connectivity index (χ0n) is 72.5. The number of hydrogen-bond acceptors (Lipinski definition) is 16. The number of aromatic nitrogens is 14. The number of ether oxygens (including phenoxy) is 1. The summed E-state index contributed by atoms with van der Waals surface area (Å²) in [7, 11) is 1.66. The predicted molar refractivity (Wildman–Crippen MR) is 489 cm³/mol. The van der Waals surface area contributed by atoms with Crippen LogP contribution in [0, 0.1) is 6.92 Å². The Kier molecular flexibility index (Phi) is 37.2. The summed E-state index contributed by atoms with van der Waals surface area (Å²) in [4.78, 5) is 1.26. The Bertz CT molecular complexity index is 5600. The summed E-state index contributed by atoms with van der Waals surface area (Å²) < 4.78 is 118. The molecule has 15 nitrogen and oxygen atoms in total. The molecule has 0 saturated heterocycles. The molecule has 0 radical (unpaired) electrons. The van der Waals surface area contributed by atoms with Crippen molar-refractivity contribution in [2.45, 2.75) is 169 Å². The first-order valence-corrected chi connectivity index (χ1v) is 42.9. The lowest BCUT2D eigenvalue weighted by molar-refractivity contribution is -0.138. The molecule has 0 saturated carbocycles. The lowest BCUT2D eigenvalue weighted by Crippen LogP contribution is -2.05.